The second-order valence-corrected chi connectivity index (χ2v) is 9.02. The third kappa shape index (κ3) is 5.43. The summed E-state index contributed by atoms with van der Waals surface area (Å²) in [5, 5.41) is 10.5. The maximum atomic E-state index is 13.2. The molecule has 6 heteroatoms. The Morgan fingerprint density at radius 1 is 1.07 bits per heavy atom. The van der Waals surface area contributed by atoms with E-state index < -0.39 is 6.10 Å². The second-order valence-electron chi connectivity index (χ2n) is 7.96. The van der Waals surface area contributed by atoms with Crippen molar-refractivity contribution in [3.8, 4) is 0 Å². The van der Waals surface area contributed by atoms with Crippen LogP contribution in [0.25, 0.3) is 0 Å². The summed E-state index contributed by atoms with van der Waals surface area (Å²) in [6.07, 6.45) is 2.05. The number of nitrogens with zero attached hydrogens (tertiary/aromatic N) is 2. The number of aliphatic hydroxyl groups is 1. The van der Waals surface area contributed by atoms with Crippen LogP contribution in [-0.2, 0) is 4.74 Å². The predicted octanol–water partition coefficient (Wildman–Crippen LogP) is 3.45. The standard InChI is InChI=1S/C24H30N2O3S/c27-22(19-7-2-1-3-8-19)17-25-12-14-26(15-13-25)24(28)21-10-4-5-11-23(21)30-18-20-9-6-16-29-20/h1-5,7-8,10-11,20,22,27H,6,9,12-18H2. The molecule has 2 atom stereocenters. The second kappa shape index (κ2) is 10.4. The van der Waals surface area contributed by atoms with Crippen LogP contribution in [0.15, 0.2) is 59.5 Å². The van der Waals surface area contributed by atoms with Crippen LogP contribution in [0.3, 0.4) is 0 Å². The van der Waals surface area contributed by atoms with Crippen molar-refractivity contribution in [2.75, 3.05) is 45.1 Å². The number of ether oxygens (including phenoxy) is 1. The van der Waals surface area contributed by atoms with E-state index in [-0.39, 0.29) is 5.91 Å². The summed E-state index contributed by atoms with van der Waals surface area (Å²) in [6, 6.07) is 17.7. The summed E-state index contributed by atoms with van der Waals surface area (Å²) in [5.41, 5.74) is 1.73. The highest BCUT2D eigenvalue weighted by molar-refractivity contribution is 7.99. The molecule has 2 aromatic rings. The largest absolute Gasteiger partial charge is 0.387 e. The number of carbonyl (C=O) groups excluding carboxylic acids is 1. The van der Waals surface area contributed by atoms with E-state index in [9.17, 15) is 9.90 Å². The van der Waals surface area contributed by atoms with Gasteiger partial charge in [0, 0.05) is 50.0 Å². The van der Waals surface area contributed by atoms with Gasteiger partial charge in [0.1, 0.15) is 0 Å². The van der Waals surface area contributed by atoms with Gasteiger partial charge in [-0.05, 0) is 30.5 Å². The van der Waals surface area contributed by atoms with Crippen molar-refractivity contribution in [3.63, 3.8) is 0 Å². The molecule has 2 unspecified atom stereocenters. The predicted molar refractivity (Wildman–Crippen MR) is 120 cm³/mol. The molecule has 0 aliphatic carbocycles. The maximum absolute atomic E-state index is 13.2. The zero-order valence-electron chi connectivity index (χ0n) is 17.3. The van der Waals surface area contributed by atoms with Crippen LogP contribution in [0.1, 0.15) is 34.9 Å². The minimum atomic E-state index is -0.497. The lowest BCUT2D eigenvalue weighted by atomic mass is 10.1. The Labute approximate surface area is 183 Å². The zero-order chi connectivity index (χ0) is 20.8. The highest BCUT2D eigenvalue weighted by atomic mass is 32.2. The van der Waals surface area contributed by atoms with Crippen molar-refractivity contribution >= 4 is 17.7 Å². The molecule has 0 saturated carbocycles. The van der Waals surface area contributed by atoms with Crippen molar-refractivity contribution in [1.82, 2.24) is 9.80 Å². The van der Waals surface area contributed by atoms with Crippen molar-refractivity contribution < 1.29 is 14.6 Å². The van der Waals surface area contributed by atoms with Gasteiger partial charge in [0.2, 0.25) is 0 Å². The molecule has 1 amide bonds. The molecule has 2 fully saturated rings. The van der Waals surface area contributed by atoms with Gasteiger partial charge in [-0.25, -0.2) is 0 Å². The van der Waals surface area contributed by atoms with Gasteiger partial charge in [-0.3, -0.25) is 9.69 Å². The fourth-order valence-corrected chi connectivity index (χ4v) is 5.17. The van der Waals surface area contributed by atoms with Gasteiger partial charge < -0.3 is 14.7 Å². The third-order valence-electron chi connectivity index (χ3n) is 5.84. The first-order valence-corrected chi connectivity index (χ1v) is 11.8. The molecule has 0 aromatic heterocycles. The van der Waals surface area contributed by atoms with Gasteiger partial charge in [0.25, 0.3) is 5.91 Å². The molecule has 2 saturated heterocycles. The molecule has 0 bridgehead atoms. The molecule has 5 nitrogen and oxygen atoms in total. The van der Waals surface area contributed by atoms with Gasteiger partial charge in [0.05, 0.1) is 17.8 Å². The lowest BCUT2D eigenvalue weighted by molar-refractivity contribution is 0.0525. The summed E-state index contributed by atoms with van der Waals surface area (Å²) < 4.78 is 5.72. The number of amides is 1. The number of aliphatic hydroxyl groups excluding tert-OH is 1. The Hall–Kier alpha value is -1.86. The number of hydrogen-bond acceptors (Lipinski definition) is 5. The topological polar surface area (TPSA) is 53.0 Å². The SMILES string of the molecule is O=C(c1ccccc1SCC1CCCO1)N1CCN(CC(O)c2ccccc2)CC1. The lowest BCUT2D eigenvalue weighted by Crippen LogP contribution is -2.49. The van der Waals surface area contributed by atoms with E-state index in [4.69, 9.17) is 4.74 Å². The van der Waals surface area contributed by atoms with Crippen molar-refractivity contribution in [2.45, 2.75) is 29.9 Å². The quantitative estimate of drug-likeness (QED) is 0.688. The summed E-state index contributed by atoms with van der Waals surface area (Å²) in [4.78, 5) is 18.4. The van der Waals surface area contributed by atoms with Gasteiger partial charge in [-0.15, -0.1) is 11.8 Å². The summed E-state index contributed by atoms with van der Waals surface area (Å²) in [6.45, 7) is 4.38. The molecule has 160 valence electrons. The molecule has 0 radical (unpaired) electrons. The van der Waals surface area contributed by atoms with E-state index >= 15 is 0 Å². The van der Waals surface area contributed by atoms with Gasteiger partial charge in [0.15, 0.2) is 0 Å². The number of rotatable bonds is 7. The molecule has 2 aromatic carbocycles. The molecular formula is C24H30N2O3S. The molecule has 2 aliphatic heterocycles. The monoisotopic (exact) mass is 426 g/mol. The molecule has 2 aliphatic rings. The normalized spacial score (nSPS) is 21.0. The summed E-state index contributed by atoms with van der Waals surface area (Å²) in [7, 11) is 0. The molecule has 2 heterocycles. The number of thioether (sulfide) groups is 1. The first-order valence-electron chi connectivity index (χ1n) is 10.8. The average Bonchev–Trinajstić information content (AvgIpc) is 3.32. The van der Waals surface area contributed by atoms with Crippen LogP contribution < -0.4 is 0 Å². The smallest absolute Gasteiger partial charge is 0.255 e. The Morgan fingerprint density at radius 3 is 2.53 bits per heavy atom. The minimum Gasteiger partial charge on any atom is -0.387 e. The highest BCUT2D eigenvalue weighted by Crippen LogP contribution is 2.28. The van der Waals surface area contributed by atoms with E-state index in [1.165, 1.54) is 0 Å². The van der Waals surface area contributed by atoms with Crippen LogP contribution in [0, 0.1) is 0 Å². The Kier molecular flexibility index (Phi) is 7.44. The van der Waals surface area contributed by atoms with E-state index in [1.807, 2.05) is 59.5 Å². The number of hydrogen-bond donors (Lipinski definition) is 1. The first kappa shape index (κ1) is 21.4. The summed E-state index contributed by atoms with van der Waals surface area (Å²) >= 11 is 1.73. The number of β-amino-alcohol motifs (C(OH)–C–C–N with tert-alkyl or cyclic N) is 1. The van der Waals surface area contributed by atoms with Gasteiger partial charge in [-0.1, -0.05) is 42.5 Å². The highest BCUT2D eigenvalue weighted by Gasteiger charge is 2.25. The van der Waals surface area contributed by atoms with Crippen LogP contribution in [-0.4, -0.2) is 72.0 Å². The van der Waals surface area contributed by atoms with Crippen LogP contribution in [0.5, 0.6) is 0 Å². The summed E-state index contributed by atoms with van der Waals surface area (Å²) in [5.74, 6) is 1.00. The maximum Gasteiger partial charge on any atom is 0.255 e. The number of piperazine rings is 1. The zero-order valence-corrected chi connectivity index (χ0v) is 18.1. The molecule has 0 spiro atoms. The third-order valence-corrected chi connectivity index (χ3v) is 7.05. The number of benzene rings is 2. The lowest BCUT2D eigenvalue weighted by Gasteiger charge is -2.36. The molecule has 30 heavy (non-hydrogen) atoms. The Morgan fingerprint density at radius 2 is 1.80 bits per heavy atom. The van der Waals surface area contributed by atoms with E-state index in [1.54, 1.807) is 11.8 Å². The Bertz CT molecular complexity index is 818. The van der Waals surface area contributed by atoms with Crippen molar-refractivity contribution in [2.24, 2.45) is 0 Å². The van der Waals surface area contributed by atoms with Crippen molar-refractivity contribution in [1.29, 1.82) is 0 Å². The van der Waals surface area contributed by atoms with Gasteiger partial charge >= 0.3 is 0 Å². The van der Waals surface area contributed by atoms with Crippen LogP contribution in [0.4, 0.5) is 0 Å². The van der Waals surface area contributed by atoms with Crippen LogP contribution >= 0.6 is 11.8 Å². The van der Waals surface area contributed by atoms with Gasteiger partial charge in [-0.2, -0.15) is 0 Å². The van der Waals surface area contributed by atoms with E-state index in [0.29, 0.717) is 25.7 Å². The molecule has 4 rings (SSSR count). The molecular weight excluding hydrogens is 396 g/mol. The van der Waals surface area contributed by atoms with Crippen LogP contribution in [0.2, 0.25) is 0 Å². The first-order chi connectivity index (χ1) is 14.7. The Balaban J connectivity index is 1.31. The average molecular weight is 427 g/mol. The number of carbonyl (C=O) groups is 1. The fraction of sp³-hybridized carbons (Fsp3) is 0.458. The fourth-order valence-electron chi connectivity index (χ4n) is 4.06. The van der Waals surface area contributed by atoms with Crippen molar-refractivity contribution in [3.05, 3.63) is 65.7 Å². The van der Waals surface area contributed by atoms with E-state index in [0.717, 1.165) is 54.3 Å². The minimum absolute atomic E-state index is 0.105. The molecule has 1 N–H and O–H groups in total. The van der Waals surface area contributed by atoms with E-state index in [2.05, 4.69) is 4.90 Å².